The second-order valence-corrected chi connectivity index (χ2v) is 9.53. The van der Waals surface area contributed by atoms with Crippen LogP contribution in [-0.4, -0.2) is 47.7 Å². The molecule has 2 bridgehead atoms. The van der Waals surface area contributed by atoms with Gasteiger partial charge in [-0.1, -0.05) is 29.5 Å². The van der Waals surface area contributed by atoms with E-state index in [1.165, 1.54) is 48.8 Å². The fourth-order valence-electron chi connectivity index (χ4n) is 4.29. The first-order chi connectivity index (χ1) is 12.7. The van der Waals surface area contributed by atoms with Gasteiger partial charge in [0, 0.05) is 25.8 Å². The van der Waals surface area contributed by atoms with Crippen molar-refractivity contribution in [3.8, 4) is 0 Å². The van der Waals surface area contributed by atoms with Gasteiger partial charge in [-0.25, -0.2) is 0 Å². The van der Waals surface area contributed by atoms with Crippen LogP contribution in [0.2, 0.25) is 0 Å². The number of thioether (sulfide) groups is 1. The lowest BCUT2D eigenvalue weighted by Crippen LogP contribution is -2.40. The molecule has 0 aliphatic heterocycles. The number of amides is 1. The summed E-state index contributed by atoms with van der Waals surface area (Å²) in [5, 5.41) is 15.5. The summed E-state index contributed by atoms with van der Waals surface area (Å²) in [6.45, 7) is 6.49. The number of nitrogens with one attached hydrogen (secondary N) is 2. The molecule has 0 saturated heterocycles. The van der Waals surface area contributed by atoms with Crippen LogP contribution in [0.4, 0.5) is 5.13 Å². The van der Waals surface area contributed by atoms with Crippen molar-refractivity contribution in [3.63, 3.8) is 0 Å². The minimum atomic E-state index is 0.103. The quantitative estimate of drug-likeness (QED) is 0.439. The molecular formula is C18H30N4O2S2. The lowest BCUT2D eigenvalue weighted by molar-refractivity contribution is -0.119. The maximum absolute atomic E-state index is 12.3. The number of ether oxygens (including phenoxy) is 1. The second-order valence-electron chi connectivity index (χ2n) is 7.33. The van der Waals surface area contributed by atoms with Crippen LogP contribution in [0.25, 0.3) is 0 Å². The van der Waals surface area contributed by atoms with Gasteiger partial charge < -0.3 is 15.4 Å². The predicted octanol–water partition coefficient (Wildman–Crippen LogP) is 3.41. The molecule has 4 unspecified atom stereocenters. The molecule has 1 aromatic heterocycles. The number of nitrogens with zero attached hydrogens (tertiary/aromatic N) is 2. The number of anilines is 1. The smallest absolute Gasteiger partial charge is 0.230 e. The molecule has 0 aromatic carbocycles. The molecule has 2 aliphatic carbocycles. The van der Waals surface area contributed by atoms with E-state index in [1.54, 1.807) is 0 Å². The van der Waals surface area contributed by atoms with E-state index in [0.717, 1.165) is 47.5 Å². The number of hydrogen-bond acceptors (Lipinski definition) is 7. The highest BCUT2D eigenvalue weighted by molar-refractivity contribution is 8.01. The summed E-state index contributed by atoms with van der Waals surface area (Å²) in [4.78, 5) is 12.3. The molecule has 1 heterocycles. The van der Waals surface area contributed by atoms with E-state index in [2.05, 4.69) is 27.8 Å². The summed E-state index contributed by atoms with van der Waals surface area (Å²) < 4.78 is 6.14. The Kier molecular flexibility index (Phi) is 7.57. The molecule has 4 atom stereocenters. The third-order valence-electron chi connectivity index (χ3n) is 5.50. The standard InChI is InChI=1S/C18H30N4O2S2/c1-3-24-8-4-7-19-17-21-22-18(26-17)25-11-16(23)20-12(2)15-10-13-5-6-14(15)9-13/h12-15H,3-11H2,1-2H3,(H,19,21)(H,20,23). The van der Waals surface area contributed by atoms with E-state index in [4.69, 9.17) is 4.74 Å². The molecule has 2 fully saturated rings. The van der Waals surface area contributed by atoms with Gasteiger partial charge in [0.1, 0.15) is 0 Å². The maximum atomic E-state index is 12.3. The number of hydrogen-bond donors (Lipinski definition) is 2. The van der Waals surface area contributed by atoms with Crippen molar-refractivity contribution in [1.82, 2.24) is 15.5 Å². The second kappa shape index (κ2) is 9.90. The van der Waals surface area contributed by atoms with Crippen molar-refractivity contribution in [2.45, 2.75) is 56.3 Å². The Morgan fingerprint density at radius 1 is 1.38 bits per heavy atom. The largest absolute Gasteiger partial charge is 0.382 e. The van der Waals surface area contributed by atoms with Gasteiger partial charge in [-0.15, -0.1) is 10.2 Å². The average Bonchev–Trinajstić information content (AvgIpc) is 3.36. The van der Waals surface area contributed by atoms with Crippen LogP contribution in [0.5, 0.6) is 0 Å². The van der Waals surface area contributed by atoms with Crippen LogP contribution in [0.3, 0.4) is 0 Å². The van der Waals surface area contributed by atoms with E-state index in [0.29, 0.717) is 11.7 Å². The molecule has 146 valence electrons. The zero-order valence-electron chi connectivity index (χ0n) is 15.7. The SMILES string of the molecule is CCOCCCNc1nnc(SCC(=O)NC(C)C2CC3CCC2C3)s1. The maximum Gasteiger partial charge on any atom is 0.230 e. The van der Waals surface area contributed by atoms with Crippen molar-refractivity contribution in [2.75, 3.05) is 30.8 Å². The van der Waals surface area contributed by atoms with Gasteiger partial charge in [0.05, 0.1) is 5.75 Å². The van der Waals surface area contributed by atoms with Crippen molar-refractivity contribution in [1.29, 1.82) is 0 Å². The Labute approximate surface area is 164 Å². The molecule has 1 aromatic rings. The van der Waals surface area contributed by atoms with Crippen LogP contribution in [-0.2, 0) is 9.53 Å². The zero-order chi connectivity index (χ0) is 18.4. The summed E-state index contributed by atoms with van der Waals surface area (Å²) in [5.41, 5.74) is 0. The monoisotopic (exact) mass is 398 g/mol. The number of rotatable bonds is 11. The van der Waals surface area contributed by atoms with E-state index in [1.807, 2.05) is 6.92 Å². The van der Waals surface area contributed by atoms with Crippen molar-refractivity contribution >= 4 is 34.1 Å². The first-order valence-corrected chi connectivity index (χ1v) is 11.5. The van der Waals surface area contributed by atoms with Gasteiger partial charge in [-0.3, -0.25) is 4.79 Å². The molecular weight excluding hydrogens is 368 g/mol. The Morgan fingerprint density at radius 2 is 2.27 bits per heavy atom. The van der Waals surface area contributed by atoms with Crippen LogP contribution in [0.1, 0.15) is 46.0 Å². The van der Waals surface area contributed by atoms with E-state index in [-0.39, 0.29) is 11.9 Å². The number of carbonyl (C=O) groups is 1. The van der Waals surface area contributed by atoms with Crippen molar-refractivity contribution in [3.05, 3.63) is 0 Å². The van der Waals surface area contributed by atoms with Gasteiger partial charge in [0.2, 0.25) is 11.0 Å². The average molecular weight is 399 g/mol. The molecule has 2 N–H and O–H groups in total. The van der Waals surface area contributed by atoms with Crippen LogP contribution in [0.15, 0.2) is 4.34 Å². The highest BCUT2D eigenvalue weighted by atomic mass is 32.2. The van der Waals surface area contributed by atoms with Crippen molar-refractivity contribution < 1.29 is 9.53 Å². The topological polar surface area (TPSA) is 76.1 Å². The molecule has 2 saturated carbocycles. The Morgan fingerprint density at radius 3 is 3.00 bits per heavy atom. The summed E-state index contributed by atoms with van der Waals surface area (Å²) in [6.07, 6.45) is 6.38. The minimum absolute atomic E-state index is 0.103. The normalized spacial score (nSPS) is 25.4. The molecule has 1 amide bonds. The number of fused-ring (bicyclic) bond motifs is 2. The summed E-state index contributed by atoms with van der Waals surface area (Å²) in [5.74, 6) is 2.94. The Hall–Kier alpha value is -0.860. The predicted molar refractivity (Wildman–Crippen MR) is 107 cm³/mol. The molecule has 26 heavy (non-hydrogen) atoms. The van der Waals surface area contributed by atoms with Crippen LogP contribution >= 0.6 is 23.1 Å². The Balaban J connectivity index is 1.33. The summed E-state index contributed by atoms with van der Waals surface area (Å²) in [7, 11) is 0. The van der Waals surface area contributed by atoms with Gasteiger partial charge >= 0.3 is 0 Å². The van der Waals surface area contributed by atoms with Gasteiger partial charge in [-0.2, -0.15) is 0 Å². The number of carbonyl (C=O) groups excluding carboxylic acids is 1. The zero-order valence-corrected chi connectivity index (χ0v) is 17.3. The van der Waals surface area contributed by atoms with Crippen LogP contribution in [0, 0.1) is 17.8 Å². The van der Waals surface area contributed by atoms with E-state index < -0.39 is 0 Å². The lowest BCUT2D eigenvalue weighted by Gasteiger charge is -2.28. The van der Waals surface area contributed by atoms with Gasteiger partial charge in [0.15, 0.2) is 4.34 Å². The third-order valence-corrected chi connectivity index (χ3v) is 7.52. The Bertz CT molecular complexity index is 583. The van der Waals surface area contributed by atoms with E-state index >= 15 is 0 Å². The highest BCUT2D eigenvalue weighted by Gasteiger charge is 2.42. The minimum Gasteiger partial charge on any atom is -0.382 e. The van der Waals surface area contributed by atoms with Crippen LogP contribution < -0.4 is 10.6 Å². The first-order valence-electron chi connectivity index (χ1n) is 9.73. The third kappa shape index (κ3) is 5.57. The summed E-state index contributed by atoms with van der Waals surface area (Å²) in [6, 6.07) is 0.287. The molecule has 3 rings (SSSR count). The van der Waals surface area contributed by atoms with Gasteiger partial charge in [0.25, 0.3) is 0 Å². The molecule has 8 heteroatoms. The molecule has 0 spiro atoms. The lowest BCUT2D eigenvalue weighted by atomic mass is 9.84. The van der Waals surface area contributed by atoms with E-state index in [9.17, 15) is 4.79 Å². The van der Waals surface area contributed by atoms with Gasteiger partial charge in [-0.05, 0) is 57.3 Å². The van der Waals surface area contributed by atoms with Crippen molar-refractivity contribution in [2.24, 2.45) is 17.8 Å². The molecule has 0 radical (unpaired) electrons. The fraction of sp³-hybridized carbons (Fsp3) is 0.833. The highest BCUT2D eigenvalue weighted by Crippen LogP contribution is 2.49. The first kappa shape index (κ1) is 19.9. The molecule has 2 aliphatic rings. The molecule has 6 nitrogen and oxygen atoms in total. The summed E-state index contributed by atoms with van der Waals surface area (Å²) >= 11 is 2.97. The fourth-order valence-corrected chi connectivity index (χ4v) is 5.88. The number of aromatic nitrogens is 2.